The number of rotatable bonds is 5. The van der Waals surface area contributed by atoms with Crippen LogP contribution in [0, 0.1) is 25.2 Å². The van der Waals surface area contributed by atoms with Gasteiger partial charge in [0.2, 0.25) is 5.75 Å². The number of hydrogen-bond acceptors (Lipinski definition) is 6. The number of anilines is 1. The highest BCUT2D eigenvalue weighted by Crippen LogP contribution is 2.47. The summed E-state index contributed by atoms with van der Waals surface area (Å²) < 4.78 is 16.5. The predicted molar refractivity (Wildman–Crippen MR) is 113 cm³/mol. The number of nitrogens with zero attached hydrogens (tertiary/aromatic N) is 2. The lowest BCUT2D eigenvalue weighted by Gasteiger charge is -2.20. The van der Waals surface area contributed by atoms with Crippen LogP contribution in [0.1, 0.15) is 16.7 Å². The molecular weight excluding hydrogens is 366 g/mol. The van der Waals surface area contributed by atoms with Gasteiger partial charge >= 0.3 is 0 Å². The molecule has 0 aliphatic heterocycles. The molecule has 0 fully saturated rings. The van der Waals surface area contributed by atoms with E-state index in [2.05, 4.69) is 11.1 Å². The van der Waals surface area contributed by atoms with Gasteiger partial charge in [-0.3, -0.25) is 0 Å². The highest BCUT2D eigenvalue weighted by molar-refractivity contribution is 5.88. The number of aryl methyl sites for hydroxylation is 1. The summed E-state index contributed by atoms with van der Waals surface area (Å²) >= 11 is 0. The van der Waals surface area contributed by atoms with Gasteiger partial charge < -0.3 is 19.9 Å². The van der Waals surface area contributed by atoms with Crippen LogP contribution in [0.15, 0.2) is 36.4 Å². The van der Waals surface area contributed by atoms with Crippen LogP contribution in [0.2, 0.25) is 0 Å². The summed E-state index contributed by atoms with van der Waals surface area (Å²) in [7, 11) is 4.65. The number of methoxy groups -OCH3 is 3. The Hall–Kier alpha value is -3.72. The normalized spacial score (nSPS) is 10.3. The molecule has 3 rings (SSSR count). The summed E-state index contributed by atoms with van der Waals surface area (Å²) in [5.74, 6) is 1.61. The Balaban J connectivity index is 2.38. The monoisotopic (exact) mass is 389 g/mol. The van der Waals surface area contributed by atoms with Gasteiger partial charge in [0, 0.05) is 16.7 Å². The second-order valence-electron chi connectivity index (χ2n) is 6.58. The molecule has 0 saturated carbocycles. The van der Waals surface area contributed by atoms with E-state index >= 15 is 0 Å². The average Bonchev–Trinajstić information content (AvgIpc) is 2.74. The Kier molecular flexibility index (Phi) is 5.60. The molecule has 0 spiro atoms. The van der Waals surface area contributed by atoms with Crippen molar-refractivity contribution in [2.24, 2.45) is 0 Å². The lowest BCUT2D eigenvalue weighted by atomic mass is 9.91. The summed E-state index contributed by atoms with van der Waals surface area (Å²) in [5.41, 5.74) is 11.4. The van der Waals surface area contributed by atoms with E-state index in [4.69, 9.17) is 19.9 Å². The Morgan fingerprint density at radius 1 is 0.897 bits per heavy atom. The van der Waals surface area contributed by atoms with Gasteiger partial charge in [0.15, 0.2) is 11.5 Å². The third kappa shape index (κ3) is 3.43. The Morgan fingerprint density at radius 3 is 2.10 bits per heavy atom. The molecule has 0 radical (unpaired) electrons. The van der Waals surface area contributed by atoms with Gasteiger partial charge in [-0.2, -0.15) is 5.26 Å². The van der Waals surface area contributed by atoms with Crippen molar-refractivity contribution in [2.75, 3.05) is 27.1 Å². The fraction of sp³-hybridized carbons (Fsp3) is 0.217. The van der Waals surface area contributed by atoms with Crippen molar-refractivity contribution < 1.29 is 14.2 Å². The molecule has 0 aliphatic carbocycles. The molecule has 6 nitrogen and oxygen atoms in total. The minimum atomic E-state index is 0.167. The SMILES string of the molecule is COc1ccc(-c2c(C)c(-c3ccc(C)cc3)nc(N)c2C#N)c(OC)c1OC. The molecule has 0 amide bonds. The summed E-state index contributed by atoms with van der Waals surface area (Å²) in [5, 5.41) is 9.81. The maximum atomic E-state index is 9.81. The van der Waals surface area contributed by atoms with E-state index in [9.17, 15) is 5.26 Å². The van der Waals surface area contributed by atoms with Crippen LogP contribution in [0.5, 0.6) is 17.2 Å². The minimum absolute atomic E-state index is 0.167. The van der Waals surface area contributed by atoms with Gasteiger partial charge in [0.25, 0.3) is 0 Å². The van der Waals surface area contributed by atoms with Crippen molar-refractivity contribution in [1.82, 2.24) is 4.98 Å². The predicted octanol–water partition coefficient (Wildman–Crippen LogP) is 4.51. The first-order valence-electron chi connectivity index (χ1n) is 9.03. The lowest BCUT2D eigenvalue weighted by Crippen LogP contribution is -2.05. The second-order valence-corrected chi connectivity index (χ2v) is 6.58. The molecule has 0 aliphatic rings. The standard InChI is InChI=1S/C23H23N3O3/c1-13-6-8-15(9-7-13)20-14(2)19(17(12-24)23(25)26-20)16-10-11-18(27-3)22(29-5)21(16)28-4/h6-11H,1-5H3,(H2,25,26). The van der Waals surface area contributed by atoms with Gasteiger partial charge in [-0.15, -0.1) is 0 Å². The molecule has 0 unspecified atom stereocenters. The fourth-order valence-electron chi connectivity index (χ4n) is 3.43. The smallest absolute Gasteiger partial charge is 0.203 e. The van der Waals surface area contributed by atoms with Crippen LogP contribution < -0.4 is 19.9 Å². The topological polar surface area (TPSA) is 90.4 Å². The number of pyridine rings is 1. The van der Waals surface area contributed by atoms with Crippen molar-refractivity contribution >= 4 is 5.82 Å². The van der Waals surface area contributed by atoms with Gasteiger partial charge in [-0.05, 0) is 31.5 Å². The Bertz CT molecular complexity index is 1100. The third-order valence-corrected chi connectivity index (χ3v) is 4.88. The highest BCUT2D eigenvalue weighted by Gasteiger charge is 2.24. The summed E-state index contributed by atoms with van der Waals surface area (Å²) in [6.07, 6.45) is 0. The third-order valence-electron chi connectivity index (χ3n) is 4.88. The first-order valence-corrected chi connectivity index (χ1v) is 9.03. The Morgan fingerprint density at radius 2 is 1.55 bits per heavy atom. The van der Waals surface area contributed by atoms with Crippen LogP contribution in [-0.2, 0) is 0 Å². The zero-order valence-electron chi connectivity index (χ0n) is 17.2. The molecule has 1 heterocycles. The summed E-state index contributed by atoms with van der Waals surface area (Å²) in [6, 6.07) is 13.8. The van der Waals surface area contributed by atoms with Crippen molar-refractivity contribution in [1.29, 1.82) is 5.26 Å². The van der Waals surface area contributed by atoms with Crippen LogP contribution in [-0.4, -0.2) is 26.3 Å². The molecular formula is C23H23N3O3. The average molecular weight is 389 g/mol. The second kappa shape index (κ2) is 8.11. The number of nitriles is 1. The van der Waals surface area contributed by atoms with Crippen LogP contribution >= 0.6 is 0 Å². The van der Waals surface area contributed by atoms with Crippen molar-refractivity contribution in [3.8, 4) is 45.7 Å². The number of hydrogen-bond donors (Lipinski definition) is 1. The molecule has 29 heavy (non-hydrogen) atoms. The molecule has 1 aromatic heterocycles. The zero-order chi connectivity index (χ0) is 21.1. The maximum Gasteiger partial charge on any atom is 0.203 e. The van der Waals surface area contributed by atoms with Crippen LogP contribution in [0.3, 0.4) is 0 Å². The number of benzene rings is 2. The summed E-state index contributed by atoms with van der Waals surface area (Å²) in [6.45, 7) is 3.95. The highest BCUT2D eigenvalue weighted by atomic mass is 16.5. The number of nitrogen functional groups attached to an aromatic ring is 1. The van der Waals surface area contributed by atoms with Crippen LogP contribution in [0.25, 0.3) is 22.4 Å². The van der Waals surface area contributed by atoms with E-state index in [1.807, 2.05) is 44.2 Å². The lowest BCUT2D eigenvalue weighted by molar-refractivity contribution is 0.325. The first-order chi connectivity index (χ1) is 14.0. The molecule has 0 bridgehead atoms. The molecule has 148 valence electrons. The van der Waals surface area contributed by atoms with E-state index in [0.717, 1.165) is 16.7 Å². The number of aromatic nitrogens is 1. The van der Waals surface area contributed by atoms with E-state index in [-0.39, 0.29) is 5.82 Å². The van der Waals surface area contributed by atoms with Gasteiger partial charge in [-0.25, -0.2) is 4.98 Å². The number of nitrogens with two attached hydrogens (primary N) is 1. The van der Waals surface area contributed by atoms with Crippen LogP contribution in [0.4, 0.5) is 5.82 Å². The van der Waals surface area contributed by atoms with E-state index in [1.54, 1.807) is 27.4 Å². The molecule has 3 aromatic rings. The van der Waals surface area contributed by atoms with E-state index in [0.29, 0.717) is 39.6 Å². The Labute approximate surface area is 170 Å². The fourth-order valence-corrected chi connectivity index (χ4v) is 3.43. The molecule has 6 heteroatoms. The minimum Gasteiger partial charge on any atom is -0.493 e. The summed E-state index contributed by atoms with van der Waals surface area (Å²) in [4.78, 5) is 4.52. The quantitative estimate of drug-likeness (QED) is 0.690. The molecule has 0 saturated heterocycles. The van der Waals surface area contributed by atoms with Crippen molar-refractivity contribution in [3.05, 3.63) is 53.1 Å². The van der Waals surface area contributed by atoms with E-state index < -0.39 is 0 Å². The number of ether oxygens (including phenoxy) is 3. The first kappa shape index (κ1) is 20.0. The molecule has 2 N–H and O–H groups in total. The van der Waals surface area contributed by atoms with Gasteiger partial charge in [0.1, 0.15) is 17.5 Å². The van der Waals surface area contributed by atoms with E-state index in [1.165, 1.54) is 0 Å². The van der Waals surface area contributed by atoms with Gasteiger partial charge in [0.05, 0.1) is 27.0 Å². The van der Waals surface area contributed by atoms with Crippen molar-refractivity contribution in [2.45, 2.75) is 13.8 Å². The maximum absolute atomic E-state index is 9.81. The largest absolute Gasteiger partial charge is 0.493 e. The van der Waals surface area contributed by atoms with Crippen molar-refractivity contribution in [3.63, 3.8) is 0 Å². The molecule has 2 aromatic carbocycles. The zero-order valence-corrected chi connectivity index (χ0v) is 17.2. The molecule has 0 atom stereocenters. The van der Waals surface area contributed by atoms with Gasteiger partial charge in [-0.1, -0.05) is 29.8 Å².